The standard InChI is InChI=1S/C51H34N2/c1-4-18-35(19-5-1)37-32-38(36-20-6-2-7-21-36)34-39(33-37)49-41-24-10-12-26-43(41)50(44-27-13-11-25-42(44)49)45-28-14-15-29-46(45)51-52-47-30-16-17-31-48(47)53(51)40-22-8-3-9-23-40/h1-34H/i10D,11D,12D,13D,24D,25D,26D,27D. The minimum absolute atomic E-state index is 0.139. The monoisotopic (exact) mass is 682 g/mol. The largest absolute Gasteiger partial charge is 0.292 e. The summed E-state index contributed by atoms with van der Waals surface area (Å²) in [6.07, 6.45) is 0. The summed E-state index contributed by atoms with van der Waals surface area (Å²) in [5.41, 5.74) is 8.09. The van der Waals surface area contributed by atoms with E-state index in [2.05, 4.69) is 6.07 Å². The Morgan fingerprint density at radius 2 is 0.849 bits per heavy atom. The number of para-hydroxylation sites is 3. The number of benzene rings is 9. The molecule has 10 aromatic rings. The van der Waals surface area contributed by atoms with Gasteiger partial charge in [0.05, 0.1) is 22.0 Å². The lowest BCUT2D eigenvalue weighted by Crippen LogP contribution is -1.99. The fourth-order valence-electron chi connectivity index (χ4n) is 7.49. The van der Waals surface area contributed by atoms with Crippen molar-refractivity contribution < 1.29 is 11.0 Å². The lowest BCUT2D eigenvalue weighted by Gasteiger charge is -2.20. The van der Waals surface area contributed by atoms with Gasteiger partial charge < -0.3 is 0 Å². The molecule has 0 atom stereocenters. The van der Waals surface area contributed by atoms with Crippen molar-refractivity contribution >= 4 is 32.6 Å². The van der Waals surface area contributed by atoms with Crippen LogP contribution in [0.4, 0.5) is 0 Å². The molecule has 0 unspecified atom stereocenters. The Morgan fingerprint density at radius 3 is 1.43 bits per heavy atom. The molecule has 53 heavy (non-hydrogen) atoms. The van der Waals surface area contributed by atoms with Crippen LogP contribution in [0.15, 0.2) is 206 Å². The van der Waals surface area contributed by atoms with E-state index >= 15 is 0 Å². The first-order valence-electron chi connectivity index (χ1n) is 21.5. The fraction of sp³-hybridized carbons (Fsp3) is 0. The zero-order valence-corrected chi connectivity index (χ0v) is 28.4. The van der Waals surface area contributed by atoms with Gasteiger partial charge in [-0.2, -0.15) is 0 Å². The van der Waals surface area contributed by atoms with Gasteiger partial charge in [0.1, 0.15) is 5.82 Å². The van der Waals surface area contributed by atoms with Crippen LogP contribution in [0.25, 0.3) is 94.2 Å². The number of hydrogen-bond acceptors (Lipinski definition) is 1. The second-order valence-electron chi connectivity index (χ2n) is 12.9. The summed E-state index contributed by atoms with van der Waals surface area (Å²) in [4.78, 5) is 5.15. The normalized spacial score (nSPS) is 13.5. The maximum atomic E-state index is 9.66. The van der Waals surface area contributed by atoms with E-state index in [-0.39, 0.29) is 56.8 Å². The van der Waals surface area contributed by atoms with Crippen molar-refractivity contribution in [3.05, 3.63) is 206 Å². The summed E-state index contributed by atoms with van der Waals surface area (Å²) in [7, 11) is 0. The minimum atomic E-state index is -0.457. The van der Waals surface area contributed by atoms with E-state index in [1.807, 2.05) is 156 Å². The zero-order chi connectivity index (χ0) is 42.1. The number of hydrogen-bond donors (Lipinski definition) is 0. The third-order valence-electron chi connectivity index (χ3n) is 9.82. The number of aromatic nitrogens is 2. The van der Waals surface area contributed by atoms with Crippen molar-refractivity contribution in [2.24, 2.45) is 0 Å². The smallest absolute Gasteiger partial charge is 0.146 e. The summed E-state index contributed by atoms with van der Waals surface area (Å²) in [5.74, 6) is 0.554. The van der Waals surface area contributed by atoms with Crippen LogP contribution in [0.2, 0.25) is 0 Å². The Labute approximate surface area is 320 Å². The first-order chi connectivity index (χ1) is 29.6. The number of rotatable bonds is 6. The molecule has 10 rings (SSSR count). The molecule has 0 aliphatic rings. The average Bonchev–Trinajstić information content (AvgIpc) is 3.70. The maximum absolute atomic E-state index is 9.66. The van der Waals surface area contributed by atoms with E-state index < -0.39 is 24.2 Å². The average molecular weight is 683 g/mol. The molecule has 0 saturated carbocycles. The van der Waals surface area contributed by atoms with Crippen molar-refractivity contribution in [2.75, 3.05) is 0 Å². The molecule has 0 saturated heterocycles. The van der Waals surface area contributed by atoms with Crippen LogP contribution in [0.1, 0.15) is 11.0 Å². The van der Waals surface area contributed by atoms with E-state index in [0.29, 0.717) is 22.5 Å². The van der Waals surface area contributed by atoms with E-state index in [0.717, 1.165) is 39.0 Å². The molecule has 0 aliphatic carbocycles. The first-order valence-corrected chi connectivity index (χ1v) is 17.5. The van der Waals surface area contributed by atoms with E-state index in [1.54, 1.807) is 0 Å². The molecule has 0 amide bonds. The van der Waals surface area contributed by atoms with Crippen LogP contribution in [0.5, 0.6) is 0 Å². The van der Waals surface area contributed by atoms with Gasteiger partial charge in [0.2, 0.25) is 0 Å². The van der Waals surface area contributed by atoms with E-state index in [4.69, 9.17) is 10.5 Å². The summed E-state index contributed by atoms with van der Waals surface area (Å²) >= 11 is 0. The Bertz CT molecular complexity index is 3250. The quantitative estimate of drug-likeness (QED) is 0.160. The number of imidazole rings is 1. The maximum Gasteiger partial charge on any atom is 0.146 e. The molecule has 2 nitrogen and oxygen atoms in total. The van der Waals surface area contributed by atoms with Gasteiger partial charge in [-0.1, -0.05) is 164 Å². The molecule has 248 valence electrons. The van der Waals surface area contributed by atoms with Crippen molar-refractivity contribution in [2.45, 2.75) is 0 Å². The second kappa shape index (κ2) is 12.9. The van der Waals surface area contributed by atoms with Crippen molar-refractivity contribution in [3.63, 3.8) is 0 Å². The number of fused-ring (bicyclic) bond motifs is 3. The molecule has 0 spiro atoms. The van der Waals surface area contributed by atoms with Crippen molar-refractivity contribution in [1.29, 1.82) is 0 Å². The fourth-order valence-corrected chi connectivity index (χ4v) is 7.49. The van der Waals surface area contributed by atoms with Crippen LogP contribution >= 0.6 is 0 Å². The highest BCUT2D eigenvalue weighted by Crippen LogP contribution is 2.47. The van der Waals surface area contributed by atoms with Gasteiger partial charge in [-0.3, -0.25) is 4.57 Å². The van der Waals surface area contributed by atoms with Gasteiger partial charge in [0.15, 0.2) is 0 Å². The molecule has 0 fully saturated rings. The van der Waals surface area contributed by atoms with Gasteiger partial charge in [-0.25, -0.2) is 4.98 Å². The highest BCUT2D eigenvalue weighted by molar-refractivity contribution is 6.22. The Kier molecular flexibility index (Phi) is 5.72. The van der Waals surface area contributed by atoms with Gasteiger partial charge in [-0.05, 0) is 109 Å². The summed E-state index contributed by atoms with van der Waals surface area (Å²) in [6, 6.07) is 47.5. The molecular formula is C51H34N2. The van der Waals surface area contributed by atoms with Crippen LogP contribution < -0.4 is 0 Å². The van der Waals surface area contributed by atoms with Crippen LogP contribution in [-0.4, -0.2) is 9.55 Å². The van der Waals surface area contributed by atoms with Gasteiger partial charge in [0, 0.05) is 11.3 Å². The summed E-state index contributed by atoms with van der Waals surface area (Å²) in [6.45, 7) is 0. The predicted octanol–water partition coefficient (Wildman–Crippen LogP) is 13.7. The molecule has 2 heteroatoms. The van der Waals surface area contributed by atoms with Crippen molar-refractivity contribution in [3.8, 4) is 61.6 Å². The molecular weight excluding hydrogens is 641 g/mol. The molecule has 0 radical (unpaired) electrons. The molecule has 0 aliphatic heterocycles. The van der Waals surface area contributed by atoms with Crippen LogP contribution in [0, 0.1) is 0 Å². The molecule has 9 aromatic carbocycles. The van der Waals surface area contributed by atoms with Gasteiger partial charge in [-0.15, -0.1) is 0 Å². The van der Waals surface area contributed by atoms with Crippen molar-refractivity contribution in [1.82, 2.24) is 9.55 Å². The first kappa shape index (κ1) is 23.4. The highest BCUT2D eigenvalue weighted by atomic mass is 15.1. The summed E-state index contributed by atoms with van der Waals surface area (Å²) in [5, 5.41) is 0.572. The molecule has 1 heterocycles. The van der Waals surface area contributed by atoms with Gasteiger partial charge in [0.25, 0.3) is 0 Å². The Balaban J connectivity index is 1.42. The highest BCUT2D eigenvalue weighted by Gasteiger charge is 2.22. The third kappa shape index (κ3) is 5.32. The topological polar surface area (TPSA) is 17.8 Å². The molecule has 0 bridgehead atoms. The van der Waals surface area contributed by atoms with Crippen LogP contribution in [0.3, 0.4) is 0 Å². The lowest BCUT2D eigenvalue weighted by molar-refractivity contribution is 1.10. The van der Waals surface area contributed by atoms with E-state index in [9.17, 15) is 5.48 Å². The Morgan fingerprint density at radius 1 is 0.396 bits per heavy atom. The SMILES string of the molecule is [2H]c1c([2H])c([2H])c2c(-c3ccccc3-c3nc4ccccc4n3-c3ccccc3)c3c([2H])c([2H])c([2H])c([2H])c3c(-c3cc(-c4ccccc4)cc(-c4ccccc4)c3)c2c1[2H]. The molecule has 0 N–H and O–H groups in total. The third-order valence-corrected chi connectivity index (χ3v) is 9.82. The van der Waals surface area contributed by atoms with Gasteiger partial charge >= 0.3 is 0 Å². The number of nitrogens with zero attached hydrogens (tertiary/aromatic N) is 2. The molecule has 1 aromatic heterocycles. The second-order valence-corrected chi connectivity index (χ2v) is 12.9. The lowest BCUT2D eigenvalue weighted by atomic mass is 9.83. The van der Waals surface area contributed by atoms with E-state index in [1.165, 1.54) is 0 Å². The Hall–Kier alpha value is -7.03. The summed E-state index contributed by atoms with van der Waals surface area (Å²) < 4.78 is 76.8. The predicted molar refractivity (Wildman–Crippen MR) is 223 cm³/mol. The minimum Gasteiger partial charge on any atom is -0.292 e. The van der Waals surface area contributed by atoms with Crippen LogP contribution in [-0.2, 0) is 0 Å². The zero-order valence-electron chi connectivity index (χ0n) is 36.4.